The van der Waals surface area contributed by atoms with Crippen LogP contribution in [0, 0.1) is 5.82 Å². The summed E-state index contributed by atoms with van der Waals surface area (Å²) in [5.74, 6) is -0.722. The first-order valence-corrected chi connectivity index (χ1v) is 6.94. The molecule has 88 valence electrons. The van der Waals surface area contributed by atoms with Gasteiger partial charge >= 0.3 is 0 Å². The highest BCUT2D eigenvalue weighted by molar-refractivity contribution is 9.11. The number of benzene rings is 1. The van der Waals surface area contributed by atoms with Crippen LogP contribution in [-0.2, 0) is 0 Å². The fraction of sp³-hybridized carbons (Fsp3) is 0. The lowest BCUT2D eigenvalue weighted by Gasteiger charge is -2.04. The Labute approximate surface area is 118 Å². The summed E-state index contributed by atoms with van der Waals surface area (Å²) in [6, 6.07) is 6.04. The maximum atomic E-state index is 13.2. The Kier molecular flexibility index (Phi) is 3.65. The summed E-state index contributed by atoms with van der Waals surface area (Å²) in [4.78, 5) is 12.7. The van der Waals surface area contributed by atoms with Crippen LogP contribution in [0.15, 0.2) is 32.5 Å². The van der Waals surface area contributed by atoms with E-state index in [1.165, 1.54) is 23.5 Å². The van der Waals surface area contributed by atoms with Gasteiger partial charge in [-0.25, -0.2) is 4.39 Å². The number of hydrogen-bond acceptors (Lipinski definition) is 3. The van der Waals surface area contributed by atoms with Crippen molar-refractivity contribution in [1.29, 1.82) is 0 Å². The van der Waals surface area contributed by atoms with E-state index in [0.29, 0.717) is 14.9 Å². The molecule has 0 amide bonds. The lowest BCUT2D eigenvalue weighted by Crippen LogP contribution is -2.02. The zero-order chi connectivity index (χ0) is 12.6. The van der Waals surface area contributed by atoms with Crippen molar-refractivity contribution in [2.45, 2.75) is 0 Å². The van der Waals surface area contributed by atoms with Crippen molar-refractivity contribution in [1.82, 2.24) is 0 Å². The zero-order valence-electron chi connectivity index (χ0n) is 8.34. The van der Waals surface area contributed by atoms with Gasteiger partial charge in [-0.2, -0.15) is 0 Å². The molecule has 2 aromatic rings. The van der Waals surface area contributed by atoms with Gasteiger partial charge in [0, 0.05) is 10.0 Å². The number of halogens is 3. The summed E-state index contributed by atoms with van der Waals surface area (Å²) in [6.07, 6.45) is 0. The predicted octanol–water partition coefficient (Wildman–Crippen LogP) is 4.23. The number of thiophene rings is 1. The quantitative estimate of drug-likeness (QED) is 0.627. The topological polar surface area (TPSA) is 43.1 Å². The molecule has 1 aromatic carbocycles. The molecule has 0 saturated carbocycles. The Morgan fingerprint density at radius 1 is 1.29 bits per heavy atom. The fourth-order valence-corrected chi connectivity index (χ4v) is 3.14. The molecule has 1 heterocycles. The minimum Gasteiger partial charge on any atom is -0.396 e. The van der Waals surface area contributed by atoms with Gasteiger partial charge in [-0.05, 0) is 56.1 Å². The number of ketones is 1. The van der Waals surface area contributed by atoms with E-state index >= 15 is 0 Å². The smallest absolute Gasteiger partial charge is 0.204 e. The zero-order valence-corrected chi connectivity index (χ0v) is 12.3. The van der Waals surface area contributed by atoms with Crippen molar-refractivity contribution in [3.8, 4) is 0 Å². The SMILES string of the molecule is Nc1cc(C(=O)c2ccc(Br)s2)c(Br)cc1F. The van der Waals surface area contributed by atoms with Crippen molar-refractivity contribution in [2.75, 3.05) is 5.73 Å². The van der Waals surface area contributed by atoms with Crippen LogP contribution in [0.25, 0.3) is 0 Å². The molecule has 6 heteroatoms. The van der Waals surface area contributed by atoms with E-state index in [9.17, 15) is 9.18 Å². The molecule has 0 fully saturated rings. The summed E-state index contributed by atoms with van der Waals surface area (Å²) in [5, 5.41) is 0. The molecule has 0 atom stereocenters. The van der Waals surface area contributed by atoms with Gasteiger partial charge in [-0.15, -0.1) is 11.3 Å². The van der Waals surface area contributed by atoms with Crippen molar-refractivity contribution >= 4 is 54.7 Å². The number of anilines is 1. The summed E-state index contributed by atoms with van der Waals surface area (Å²) >= 11 is 7.77. The average molecular weight is 379 g/mol. The molecule has 0 spiro atoms. The maximum Gasteiger partial charge on any atom is 0.204 e. The van der Waals surface area contributed by atoms with Crippen LogP contribution < -0.4 is 5.73 Å². The number of nitrogen functional groups attached to an aromatic ring is 1. The molecule has 17 heavy (non-hydrogen) atoms. The van der Waals surface area contributed by atoms with Gasteiger partial charge in [0.1, 0.15) is 5.82 Å². The van der Waals surface area contributed by atoms with Gasteiger partial charge in [0.25, 0.3) is 0 Å². The molecule has 0 aliphatic rings. The van der Waals surface area contributed by atoms with E-state index in [1.54, 1.807) is 12.1 Å². The molecule has 2 nitrogen and oxygen atoms in total. The molecule has 0 unspecified atom stereocenters. The van der Waals surface area contributed by atoms with Gasteiger partial charge < -0.3 is 5.73 Å². The van der Waals surface area contributed by atoms with Crippen molar-refractivity contribution < 1.29 is 9.18 Å². The molecular weight excluding hydrogens is 373 g/mol. The van der Waals surface area contributed by atoms with Gasteiger partial charge in [0.2, 0.25) is 5.78 Å². The fourth-order valence-electron chi connectivity index (χ4n) is 1.31. The Morgan fingerprint density at radius 3 is 2.59 bits per heavy atom. The van der Waals surface area contributed by atoms with Gasteiger partial charge in [-0.1, -0.05) is 0 Å². The second kappa shape index (κ2) is 4.88. The predicted molar refractivity (Wildman–Crippen MR) is 74.0 cm³/mol. The second-order valence-corrected chi connectivity index (χ2v) is 6.60. The van der Waals surface area contributed by atoms with Crippen LogP contribution in [-0.4, -0.2) is 5.78 Å². The van der Waals surface area contributed by atoms with Gasteiger partial charge in [-0.3, -0.25) is 4.79 Å². The molecule has 0 aliphatic heterocycles. The molecule has 2 rings (SSSR count). The van der Waals surface area contributed by atoms with Crippen molar-refractivity contribution in [3.63, 3.8) is 0 Å². The lowest BCUT2D eigenvalue weighted by molar-refractivity contribution is 0.104. The van der Waals surface area contributed by atoms with E-state index in [-0.39, 0.29) is 11.5 Å². The summed E-state index contributed by atoms with van der Waals surface area (Å²) in [6.45, 7) is 0. The maximum absolute atomic E-state index is 13.2. The second-order valence-electron chi connectivity index (χ2n) is 3.29. The normalized spacial score (nSPS) is 10.5. The van der Waals surface area contributed by atoms with Crippen LogP contribution in [0.4, 0.5) is 10.1 Å². The summed E-state index contributed by atoms with van der Waals surface area (Å²) in [7, 11) is 0. The van der Waals surface area contributed by atoms with Crippen molar-refractivity contribution in [2.24, 2.45) is 0 Å². The highest BCUT2D eigenvalue weighted by Gasteiger charge is 2.16. The average Bonchev–Trinajstić information content (AvgIpc) is 2.69. The molecule has 0 radical (unpaired) electrons. The third kappa shape index (κ3) is 2.59. The lowest BCUT2D eigenvalue weighted by atomic mass is 10.1. The van der Waals surface area contributed by atoms with Gasteiger partial charge in [0.15, 0.2) is 0 Å². The number of carbonyl (C=O) groups excluding carboxylic acids is 1. The van der Waals surface area contributed by atoms with E-state index in [0.717, 1.165) is 3.79 Å². The molecule has 0 bridgehead atoms. The standard InChI is InChI=1S/C11H6Br2FNOS/c12-6-4-7(14)8(15)3-5(6)11(16)9-1-2-10(13)17-9/h1-4H,15H2. The minimum absolute atomic E-state index is 0.0350. The molecule has 1 aromatic heterocycles. The Balaban J connectivity index is 2.47. The Hall–Kier alpha value is -0.720. The highest BCUT2D eigenvalue weighted by Crippen LogP contribution is 2.29. The molecular formula is C11H6Br2FNOS. The third-order valence-electron chi connectivity index (χ3n) is 2.13. The molecule has 0 saturated heterocycles. The van der Waals surface area contributed by atoms with Crippen LogP contribution in [0.3, 0.4) is 0 Å². The number of nitrogens with two attached hydrogens (primary N) is 1. The third-order valence-corrected chi connectivity index (χ3v) is 4.41. The number of rotatable bonds is 2. The van der Waals surface area contributed by atoms with E-state index in [4.69, 9.17) is 5.73 Å². The van der Waals surface area contributed by atoms with E-state index in [1.807, 2.05) is 0 Å². The first kappa shape index (κ1) is 12.7. The first-order chi connectivity index (χ1) is 7.99. The van der Waals surface area contributed by atoms with E-state index < -0.39 is 5.82 Å². The summed E-state index contributed by atoms with van der Waals surface area (Å²) in [5.41, 5.74) is 5.78. The highest BCUT2D eigenvalue weighted by atomic mass is 79.9. The number of carbonyl (C=O) groups is 1. The van der Waals surface area contributed by atoms with Crippen LogP contribution >= 0.6 is 43.2 Å². The first-order valence-electron chi connectivity index (χ1n) is 4.53. The largest absolute Gasteiger partial charge is 0.396 e. The Morgan fingerprint density at radius 2 is 2.00 bits per heavy atom. The minimum atomic E-state index is -0.541. The molecule has 2 N–H and O–H groups in total. The summed E-state index contributed by atoms with van der Waals surface area (Å²) < 4.78 is 14.4. The van der Waals surface area contributed by atoms with Crippen molar-refractivity contribution in [3.05, 3.63) is 48.8 Å². The van der Waals surface area contributed by atoms with Crippen LogP contribution in [0.5, 0.6) is 0 Å². The Bertz CT molecular complexity index is 597. The number of hydrogen-bond donors (Lipinski definition) is 1. The van der Waals surface area contributed by atoms with Gasteiger partial charge in [0.05, 0.1) is 14.4 Å². The van der Waals surface area contributed by atoms with E-state index in [2.05, 4.69) is 31.9 Å². The van der Waals surface area contributed by atoms with Crippen LogP contribution in [0.2, 0.25) is 0 Å². The monoisotopic (exact) mass is 377 g/mol. The van der Waals surface area contributed by atoms with Crippen LogP contribution in [0.1, 0.15) is 15.2 Å². The molecule has 0 aliphatic carbocycles.